The number of nitrogens with zero attached hydrogens (tertiary/aromatic N) is 1. The van der Waals surface area contributed by atoms with Crippen molar-refractivity contribution in [3.63, 3.8) is 0 Å². The average Bonchev–Trinajstić information content (AvgIpc) is 2.83. The van der Waals surface area contributed by atoms with Crippen LogP contribution in [-0.4, -0.2) is 18.0 Å². The highest BCUT2D eigenvalue weighted by Gasteiger charge is 2.14. The fourth-order valence-electron chi connectivity index (χ4n) is 3.33. The molecule has 0 aliphatic carbocycles. The molecule has 6 heteroatoms. The fourth-order valence-corrected chi connectivity index (χ4v) is 3.33. The first-order valence-corrected chi connectivity index (χ1v) is 10.6. The molecule has 0 saturated heterocycles. The number of amides is 1. The van der Waals surface area contributed by atoms with Crippen molar-refractivity contribution in [3.05, 3.63) is 101 Å². The van der Waals surface area contributed by atoms with Gasteiger partial charge in [0.25, 0.3) is 5.91 Å². The Bertz CT molecular complexity index is 1200. The highest BCUT2D eigenvalue weighted by Crippen LogP contribution is 2.29. The molecule has 0 saturated carbocycles. The fraction of sp³-hybridized carbons (Fsp3) is 0.185. The van der Waals surface area contributed by atoms with Crippen molar-refractivity contribution in [3.8, 4) is 17.2 Å². The van der Waals surface area contributed by atoms with Crippen LogP contribution < -0.4 is 14.8 Å². The van der Waals surface area contributed by atoms with Crippen LogP contribution in [0, 0.1) is 12.7 Å². The van der Waals surface area contributed by atoms with Crippen molar-refractivity contribution >= 4 is 11.5 Å². The molecule has 1 aromatic heterocycles. The van der Waals surface area contributed by atoms with E-state index in [1.807, 2.05) is 51.1 Å². The summed E-state index contributed by atoms with van der Waals surface area (Å²) in [5.41, 5.74) is 3.74. The van der Waals surface area contributed by atoms with Crippen LogP contribution in [-0.2, 0) is 6.54 Å². The molecule has 33 heavy (non-hydrogen) atoms. The summed E-state index contributed by atoms with van der Waals surface area (Å²) in [7, 11) is 1.40. The number of carbonyl (C=O) groups is 1. The second kappa shape index (κ2) is 11.1. The van der Waals surface area contributed by atoms with E-state index in [2.05, 4.69) is 10.3 Å². The van der Waals surface area contributed by atoms with Gasteiger partial charge in [0.1, 0.15) is 11.5 Å². The van der Waals surface area contributed by atoms with Gasteiger partial charge in [-0.1, -0.05) is 30.4 Å². The third-order valence-electron chi connectivity index (χ3n) is 5.11. The number of carbonyl (C=O) groups excluding carboxylic acids is 1. The van der Waals surface area contributed by atoms with Gasteiger partial charge in [-0.3, -0.25) is 9.78 Å². The number of benzene rings is 2. The van der Waals surface area contributed by atoms with Gasteiger partial charge < -0.3 is 14.8 Å². The molecule has 1 amide bonds. The van der Waals surface area contributed by atoms with E-state index in [9.17, 15) is 9.18 Å². The summed E-state index contributed by atoms with van der Waals surface area (Å²) in [5.74, 6) is 0.653. The van der Waals surface area contributed by atoms with Crippen molar-refractivity contribution in [2.75, 3.05) is 7.11 Å². The molecule has 3 aromatic rings. The molecule has 0 bridgehead atoms. The molecule has 1 N–H and O–H groups in total. The second-order valence-corrected chi connectivity index (χ2v) is 7.30. The van der Waals surface area contributed by atoms with Gasteiger partial charge in [0.2, 0.25) is 0 Å². The van der Waals surface area contributed by atoms with Gasteiger partial charge in [-0.2, -0.15) is 0 Å². The van der Waals surface area contributed by atoms with Crippen LogP contribution >= 0.6 is 0 Å². The van der Waals surface area contributed by atoms with E-state index in [0.717, 1.165) is 16.8 Å². The van der Waals surface area contributed by atoms with Crippen molar-refractivity contribution < 1.29 is 18.7 Å². The monoisotopic (exact) mass is 446 g/mol. The summed E-state index contributed by atoms with van der Waals surface area (Å²) >= 11 is 0. The van der Waals surface area contributed by atoms with Crippen molar-refractivity contribution in [2.24, 2.45) is 0 Å². The Hall–Kier alpha value is -3.93. The Morgan fingerprint density at radius 1 is 1.12 bits per heavy atom. The number of methoxy groups -OCH3 is 1. The molecule has 1 heterocycles. The molecule has 0 unspecified atom stereocenters. The van der Waals surface area contributed by atoms with Crippen molar-refractivity contribution in [1.29, 1.82) is 0 Å². The van der Waals surface area contributed by atoms with Crippen LogP contribution in [0.15, 0.2) is 73.0 Å². The number of ether oxygens (including phenoxy) is 2. The molecule has 2 aromatic carbocycles. The first-order chi connectivity index (χ1) is 16.0. The Morgan fingerprint density at radius 3 is 2.67 bits per heavy atom. The van der Waals surface area contributed by atoms with Gasteiger partial charge in [0.05, 0.1) is 12.8 Å². The normalized spacial score (nSPS) is 11.5. The third kappa shape index (κ3) is 5.86. The van der Waals surface area contributed by atoms with E-state index in [1.54, 1.807) is 36.5 Å². The number of halogens is 1. The largest absolute Gasteiger partial charge is 0.494 e. The summed E-state index contributed by atoms with van der Waals surface area (Å²) in [4.78, 5) is 17.2. The molecule has 0 aliphatic heterocycles. The van der Waals surface area contributed by atoms with Gasteiger partial charge in [-0.05, 0) is 62.2 Å². The summed E-state index contributed by atoms with van der Waals surface area (Å²) in [5, 5.41) is 2.87. The molecule has 0 spiro atoms. The lowest BCUT2D eigenvalue weighted by molar-refractivity contribution is 0.0950. The summed E-state index contributed by atoms with van der Waals surface area (Å²) in [6.45, 7) is 5.99. The van der Waals surface area contributed by atoms with Crippen LogP contribution in [0.5, 0.6) is 17.2 Å². The highest BCUT2D eigenvalue weighted by molar-refractivity contribution is 5.96. The molecule has 170 valence electrons. The Morgan fingerprint density at radius 2 is 1.94 bits per heavy atom. The number of allylic oxidation sites excluding steroid dienone is 4. The average molecular weight is 447 g/mol. The van der Waals surface area contributed by atoms with E-state index >= 15 is 0 Å². The molecular formula is C27H27FN2O3. The Labute approximate surface area is 193 Å². The molecule has 0 aliphatic rings. The van der Waals surface area contributed by atoms with Gasteiger partial charge in [-0.25, -0.2) is 4.39 Å². The molecule has 0 radical (unpaired) electrons. The maximum Gasteiger partial charge on any atom is 0.251 e. The first kappa shape index (κ1) is 23.7. The SMILES string of the molecule is C/C=C\C(=C/C)c1cc(Oc2cccc(C(=O)NCc3ccc(F)c(OC)c3)c2C)ccn1. The third-order valence-corrected chi connectivity index (χ3v) is 5.11. The molecule has 3 rings (SSSR count). The molecule has 0 atom stereocenters. The zero-order valence-electron chi connectivity index (χ0n) is 19.2. The summed E-state index contributed by atoms with van der Waals surface area (Å²) < 4.78 is 24.7. The maximum atomic E-state index is 13.6. The zero-order chi connectivity index (χ0) is 23.8. The number of aromatic nitrogens is 1. The lowest BCUT2D eigenvalue weighted by atomic mass is 10.1. The summed E-state index contributed by atoms with van der Waals surface area (Å²) in [6.07, 6.45) is 7.62. The lowest BCUT2D eigenvalue weighted by Crippen LogP contribution is -2.23. The number of pyridine rings is 1. The van der Waals surface area contributed by atoms with E-state index in [-0.39, 0.29) is 18.2 Å². The van der Waals surface area contributed by atoms with Crippen LogP contribution in [0.1, 0.15) is 41.0 Å². The van der Waals surface area contributed by atoms with Crippen LogP contribution in [0.2, 0.25) is 0 Å². The minimum Gasteiger partial charge on any atom is -0.494 e. The predicted molar refractivity (Wildman–Crippen MR) is 128 cm³/mol. The number of hydrogen-bond acceptors (Lipinski definition) is 4. The predicted octanol–water partition coefficient (Wildman–Crippen LogP) is 6.24. The van der Waals surface area contributed by atoms with E-state index in [0.29, 0.717) is 22.6 Å². The van der Waals surface area contributed by atoms with Gasteiger partial charge in [0.15, 0.2) is 11.6 Å². The highest BCUT2D eigenvalue weighted by atomic mass is 19.1. The minimum atomic E-state index is -0.445. The maximum absolute atomic E-state index is 13.6. The van der Waals surface area contributed by atoms with Gasteiger partial charge in [0, 0.05) is 29.9 Å². The second-order valence-electron chi connectivity index (χ2n) is 7.30. The standard InChI is InChI=1S/C27H27FN2O3/c1-5-8-20(6-2)24-16-21(13-14-29-24)33-25-10-7-9-22(18(25)3)27(31)30-17-19-11-12-23(28)26(15-19)32-4/h5-16H,17H2,1-4H3,(H,30,31)/b8-5-,20-6+. The Balaban J connectivity index is 1.76. The zero-order valence-corrected chi connectivity index (χ0v) is 19.2. The van der Waals surface area contributed by atoms with Crippen molar-refractivity contribution in [1.82, 2.24) is 10.3 Å². The van der Waals surface area contributed by atoms with Crippen LogP contribution in [0.3, 0.4) is 0 Å². The number of rotatable bonds is 8. The molecule has 0 fully saturated rings. The van der Waals surface area contributed by atoms with E-state index in [1.165, 1.54) is 13.2 Å². The van der Waals surface area contributed by atoms with Crippen LogP contribution in [0.25, 0.3) is 5.57 Å². The first-order valence-electron chi connectivity index (χ1n) is 10.6. The topological polar surface area (TPSA) is 60.5 Å². The number of hydrogen-bond donors (Lipinski definition) is 1. The summed E-state index contributed by atoms with van der Waals surface area (Å²) in [6, 6.07) is 13.5. The molecular weight excluding hydrogens is 419 g/mol. The quantitative estimate of drug-likeness (QED) is 0.416. The smallest absolute Gasteiger partial charge is 0.251 e. The number of nitrogens with one attached hydrogen (secondary N) is 1. The van der Waals surface area contributed by atoms with Gasteiger partial charge in [-0.15, -0.1) is 0 Å². The Kier molecular flexibility index (Phi) is 7.97. The van der Waals surface area contributed by atoms with Gasteiger partial charge >= 0.3 is 0 Å². The van der Waals surface area contributed by atoms with E-state index < -0.39 is 5.82 Å². The minimum absolute atomic E-state index is 0.139. The van der Waals surface area contributed by atoms with Crippen molar-refractivity contribution in [2.45, 2.75) is 27.3 Å². The molecule has 5 nitrogen and oxygen atoms in total. The van der Waals surface area contributed by atoms with Crippen LogP contribution in [0.4, 0.5) is 4.39 Å². The lowest BCUT2D eigenvalue weighted by Gasteiger charge is -2.14. The van der Waals surface area contributed by atoms with E-state index in [4.69, 9.17) is 9.47 Å².